The van der Waals surface area contributed by atoms with Gasteiger partial charge in [-0.15, -0.1) is 11.3 Å². The number of fused-ring (bicyclic) bond motifs is 12. The van der Waals surface area contributed by atoms with Crippen LogP contribution in [-0.2, 0) is 0 Å². The van der Waals surface area contributed by atoms with E-state index in [-0.39, 0.29) is 0 Å². The van der Waals surface area contributed by atoms with Crippen LogP contribution in [0.2, 0.25) is 0 Å². The van der Waals surface area contributed by atoms with Gasteiger partial charge in [-0.3, -0.25) is 0 Å². The number of hydrogen-bond acceptors (Lipinski definition) is 3. The average Bonchev–Trinajstić information content (AvgIpc) is 3.85. The highest BCUT2D eigenvalue weighted by atomic mass is 32.1. The van der Waals surface area contributed by atoms with Crippen molar-refractivity contribution < 1.29 is 8.83 Å². The third-order valence-electron chi connectivity index (χ3n) is 9.93. The average molecular weight is 617 g/mol. The fourth-order valence-corrected chi connectivity index (χ4v) is 8.79. The molecule has 3 aromatic heterocycles. The lowest BCUT2D eigenvalue weighted by atomic mass is 9.85. The molecule has 3 heterocycles. The zero-order chi connectivity index (χ0) is 30.6. The summed E-state index contributed by atoms with van der Waals surface area (Å²) in [6.07, 6.45) is 0. The second-order valence-corrected chi connectivity index (χ2v) is 13.3. The Morgan fingerprint density at radius 3 is 1.87 bits per heavy atom. The molecule has 0 aliphatic rings. The van der Waals surface area contributed by atoms with Crippen LogP contribution in [0.15, 0.2) is 154 Å². The van der Waals surface area contributed by atoms with Crippen LogP contribution in [0.3, 0.4) is 0 Å². The van der Waals surface area contributed by atoms with Crippen molar-refractivity contribution in [3.63, 3.8) is 0 Å². The Balaban J connectivity index is 1.25. The van der Waals surface area contributed by atoms with E-state index in [0.717, 1.165) is 44.1 Å². The first-order chi connectivity index (χ1) is 23.3. The molecule has 0 aliphatic heterocycles. The second kappa shape index (κ2) is 9.32. The lowest BCUT2D eigenvalue weighted by Gasteiger charge is -2.18. The van der Waals surface area contributed by atoms with Gasteiger partial charge in [0.05, 0.1) is 4.70 Å². The fraction of sp³-hybridized carbons (Fsp3) is 0. The predicted octanol–water partition coefficient (Wildman–Crippen LogP) is 13.5. The van der Waals surface area contributed by atoms with Crippen molar-refractivity contribution in [2.24, 2.45) is 0 Å². The summed E-state index contributed by atoms with van der Waals surface area (Å²) in [6.45, 7) is 0. The number of hydrogen-bond donors (Lipinski definition) is 0. The van der Waals surface area contributed by atoms with Crippen LogP contribution in [0.5, 0.6) is 0 Å². The summed E-state index contributed by atoms with van der Waals surface area (Å²) in [7, 11) is 0. The number of thiophene rings is 1. The molecule has 0 atom stereocenters. The van der Waals surface area contributed by atoms with E-state index in [4.69, 9.17) is 8.83 Å². The van der Waals surface area contributed by atoms with Gasteiger partial charge in [0.2, 0.25) is 0 Å². The maximum atomic E-state index is 6.84. The SMILES string of the molecule is c1ccc2c(c1)ccc1oc3ccc(-c4c5ccccc5c(-c5cccc6c5oc5c6ccc6ccsc65)c5ccccc45)cc3c12. The van der Waals surface area contributed by atoms with Crippen LogP contribution >= 0.6 is 11.3 Å². The van der Waals surface area contributed by atoms with Crippen molar-refractivity contribution in [2.45, 2.75) is 0 Å². The molecule has 3 heteroatoms. The van der Waals surface area contributed by atoms with Crippen molar-refractivity contribution in [2.75, 3.05) is 0 Å². The van der Waals surface area contributed by atoms with Gasteiger partial charge in [-0.05, 0) is 84.5 Å². The molecule has 0 amide bonds. The first-order valence-corrected chi connectivity index (χ1v) is 16.8. The van der Waals surface area contributed by atoms with Gasteiger partial charge in [0, 0.05) is 32.7 Å². The van der Waals surface area contributed by atoms with Crippen molar-refractivity contribution in [3.8, 4) is 22.3 Å². The molecule has 0 unspecified atom stereocenters. The van der Waals surface area contributed by atoms with Gasteiger partial charge in [0.1, 0.15) is 16.7 Å². The number of benzene rings is 8. The molecule has 47 heavy (non-hydrogen) atoms. The normalized spacial score (nSPS) is 12.3. The zero-order valence-corrected chi connectivity index (χ0v) is 25.9. The number of para-hydroxylation sites is 1. The van der Waals surface area contributed by atoms with Crippen molar-refractivity contribution in [1.29, 1.82) is 0 Å². The minimum atomic E-state index is 0.904. The molecule has 0 saturated carbocycles. The quantitative estimate of drug-likeness (QED) is 0.181. The fourth-order valence-electron chi connectivity index (χ4n) is 7.91. The van der Waals surface area contributed by atoms with Crippen LogP contribution < -0.4 is 0 Å². The van der Waals surface area contributed by atoms with Crippen LogP contribution in [0.1, 0.15) is 0 Å². The summed E-state index contributed by atoms with van der Waals surface area (Å²) in [5.41, 5.74) is 8.45. The Hall–Kier alpha value is -5.90. The van der Waals surface area contributed by atoms with Crippen molar-refractivity contribution in [3.05, 3.63) is 145 Å². The van der Waals surface area contributed by atoms with Gasteiger partial charge in [-0.25, -0.2) is 0 Å². The highest BCUT2D eigenvalue weighted by Crippen LogP contribution is 2.48. The molecule has 0 N–H and O–H groups in total. The first kappa shape index (κ1) is 25.3. The minimum Gasteiger partial charge on any atom is -0.456 e. The minimum absolute atomic E-state index is 0.904. The summed E-state index contributed by atoms with van der Waals surface area (Å²) < 4.78 is 14.4. The Morgan fingerprint density at radius 2 is 1.06 bits per heavy atom. The maximum absolute atomic E-state index is 6.84. The smallest absolute Gasteiger partial charge is 0.153 e. The zero-order valence-electron chi connectivity index (χ0n) is 25.1. The summed E-state index contributed by atoms with van der Waals surface area (Å²) in [5, 5.41) is 15.3. The van der Waals surface area contributed by atoms with Gasteiger partial charge in [0.15, 0.2) is 5.58 Å². The monoisotopic (exact) mass is 616 g/mol. The molecular formula is C44H24O2S. The molecule has 0 aliphatic carbocycles. The van der Waals surface area contributed by atoms with Crippen LogP contribution in [0.25, 0.3) is 109 Å². The standard InChI is InChI=1S/C44H24O2S/c1-2-9-28-25(8-1)17-21-38-41(28)36-24-27(18-20-37(36)45-38)39-29-10-3-5-12-31(29)40(32-13-6-4-11-30(32)39)35-15-7-14-33-34-19-16-26-22-23-47-44(26)43(34)46-42(33)35/h1-24H. The lowest BCUT2D eigenvalue weighted by Crippen LogP contribution is -1.91. The van der Waals surface area contributed by atoms with E-state index in [0.29, 0.717) is 0 Å². The molecule has 0 radical (unpaired) electrons. The molecule has 0 bridgehead atoms. The molecule has 218 valence electrons. The predicted molar refractivity (Wildman–Crippen MR) is 200 cm³/mol. The second-order valence-electron chi connectivity index (χ2n) is 12.4. The summed E-state index contributed by atoms with van der Waals surface area (Å²) >= 11 is 1.74. The Bertz CT molecular complexity index is 3020. The summed E-state index contributed by atoms with van der Waals surface area (Å²) in [6, 6.07) is 50.3. The number of rotatable bonds is 2. The van der Waals surface area contributed by atoms with Crippen molar-refractivity contribution >= 4 is 97.6 Å². The van der Waals surface area contributed by atoms with E-state index in [9.17, 15) is 0 Å². The Labute approximate surface area is 272 Å². The molecular weight excluding hydrogens is 593 g/mol. The van der Waals surface area contributed by atoms with Crippen molar-refractivity contribution in [1.82, 2.24) is 0 Å². The van der Waals surface area contributed by atoms with E-state index in [2.05, 4.69) is 145 Å². The molecule has 8 aromatic carbocycles. The lowest BCUT2D eigenvalue weighted by molar-refractivity contribution is 0.669. The third-order valence-corrected chi connectivity index (χ3v) is 10.9. The van der Waals surface area contributed by atoms with E-state index in [1.165, 1.54) is 64.5 Å². The summed E-state index contributed by atoms with van der Waals surface area (Å²) in [4.78, 5) is 0. The molecule has 2 nitrogen and oxygen atoms in total. The van der Waals surface area contributed by atoms with E-state index in [1.807, 2.05) is 0 Å². The Morgan fingerprint density at radius 1 is 0.404 bits per heavy atom. The van der Waals surface area contributed by atoms with Gasteiger partial charge < -0.3 is 8.83 Å². The van der Waals surface area contributed by atoms with Gasteiger partial charge in [0.25, 0.3) is 0 Å². The third kappa shape index (κ3) is 3.44. The molecule has 0 saturated heterocycles. The van der Waals surface area contributed by atoms with Crippen LogP contribution in [0.4, 0.5) is 0 Å². The molecule has 0 fully saturated rings. The van der Waals surface area contributed by atoms with Crippen LogP contribution in [-0.4, -0.2) is 0 Å². The number of furan rings is 2. The summed E-state index contributed by atoms with van der Waals surface area (Å²) in [5.74, 6) is 0. The Kier molecular flexibility index (Phi) is 5.02. The highest BCUT2D eigenvalue weighted by Gasteiger charge is 2.21. The molecule has 11 aromatic rings. The topological polar surface area (TPSA) is 26.3 Å². The van der Waals surface area contributed by atoms with Gasteiger partial charge >= 0.3 is 0 Å². The highest BCUT2D eigenvalue weighted by molar-refractivity contribution is 7.18. The largest absolute Gasteiger partial charge is 0.456 e. The van der Waals surface area contributed by atoms with Gasteiger partial charge in [-0.2, -0.15) is 0 Å². The van der Waals surface area contributed by atoms with Gasteiger partial charge in [-0.1, -0.05) is 109 Å². The van der Waals surface area contributed by atoms with E-state index >= 15 is 0 Å². The molecule has 0 spiro atoms. The van der Waals surface area contributed by atoms with Crippen LogP contribution in [0, 0.1) is 0 Å². The molecule has 11 rings (SSSR count). The first-order valence-electron chi connectivity index (χ1n) is 15.9. The maximum Gasteiger partial charge on any atom is 0.153 e. The van der Waals surface area contributed by atoms with E-state index < -0.39 is 0 Å². The van der Waals surface area contributed by atoms with E-state index in [1.54, 1.807) is 11.3 Å².